The molecule has 1 fully saturated rings. The zero-order valence-electron chi connectivity index (χ0n) is 13.7. The fourth-order valence-electron chi connectivity index (χ4n) is 2.69. The molecular weight excluding hydrogens is 340 g/mol. The Hall–Kier alpha value is -2.45. The molecule has 25 heavy (non-hydrogen) atoms. The van der Waals surface area contributed by atoms with Gasteiger partial charge in [-0.3, -0.25) is 14.9 Å². The molecule has 3 rings (SSSR count). The van der Waals surface area contributed by atoms with Gasteiger partial charge in [0.05, 0.1) is 0 Å². The summed E-state index contributed by atoms with van der Waals surface area (Å²) in [6, 6.07) is 6.60. The highest BCUT2D eigenvalue weighted by atomic mass is 32.1. The van der Waals surface area contributed by atoms with Gasteiger partial charge in [-0.25, -0.2) is 4.98 Å². The molecule has 2 amide bonds. The van der Waals surface area contributed by atoms with Crippen molar-refractivity contribution in [1.82, 2.24) is 10.3 Å². The molecule has 1 aromatic carbocycles. The minimum atomic E-state index is -0.567. The van der Waals surface area contributed by atoms with E-state index < -0.39 is 5.91 Å². The summed E-state index contributed by atoms with van der Waals surface area (Å²) in [6.07, 6.45) is 4.03. The molecule has 0 unspecified atom stereocenters. The molecule has 132 valence electrons. The maximum absolute atomic E-state index is 12.4. The number of nitrogens with one attached hydrogen (secondary N) is 2. The van der Waals surface area contributed by atoms with E-state index in [1.165, 1.54) is 16.2 Å². The second-order valence-electron chi connectivity index (χ2n) is 5.83. The Morgan fingerprint density at radius 2 is 2.16 bits per heavy atom. The van der Waals surface area contributed by atoms with E-state index in [1.807, 2.05) is 6.20 Å². The molecule has 2 heterocycles. The number of thiazole rings is 1. The fourth-order valence-corrected chi connectivity index (χ4v) is 3.67. The zero-order chi connectivity index (χ0) is 17.6. The van der Waals surface area contributed by atoms with Crippen LogP contribution in [-0.4, -0.2) is 36.5 Å². The molecule has 4 N–H and O–H groups in total. The largest absolute Gasteiger partial charge is 0.484 e. The van der Waals surface area contributed by atoms with E-state index in [0.717, 1.165) is 25.9 Å². The highest BCUT2D eigenvalue weighted by molar-refractivity contribution is 7.15. The number of carbonyl (C=O) groups is 2. The number of primary amides is 1. The van der Waals surface area contributed by atoms with Crippen LogP contribution in [0.1, 0.15) is 34.0 Å². The summed E-state index contributed by atoms with van der Waals surface area (Å²) in [5, 5.41) is 6.74. The third-order valence-electron chi connectivity index (χ3n) is 3.96. The van der Waals surface area contributed by atoms with E-state index in [9.17, 15) is 9.59 Å². The molecule has 1 saturated heterocycles. The molecule has 0 atom stereocenters. The first-order valence-corrected chi connectivity index (χ1v) is 8.92. The van der Waals surface area contributed by atoms with Crippen LogP contribution in [0.25, 0.3) is 0 Å². The number of rotatable bonds is 6. The molecule has 0 spiro atoms. The van der Waals surface area contributed by atoms with Crippen molar-refractivity contribution in [3.63, 3.8) is 0 Å². The Balaban J connectivity index is 1.63. The van der Waals surface area contributed by atoms with Crippen LogP contribution in [0, 0.1) is 0 Å². The number of nitrogens with zero attached hydrogens (tertiary/aromatic N) is 1. The molecule has 2 aromatic rings. The van der Waals surface area contributed by atoms with E-state index in [1.54, 1.807) is 24.3 Å². The Morgan fingerprint density at radius 3 is 2.92 bits per heavy atom. The molecule has 1 aromatic heterocycles. The lowest BCUT2D eigenvalue weighted by Gasteiger charge is -2.20. The van der Waals surface area contributed by atoms with Crippen molar-refractivity contribution in [2.24, 2.45) is 5.73 Å². The van der Waals surface area contributed by atoms with Gasteiger partial charge in [-0.1, -0.05) is 6.07 Å². The molecular formula is C17H20N4O3S. The van der Waals surface area contributed by atoms with Crippen LogP contribution in [-0.2, 0) is 4.79 Å². The van der Waals surface area contributed by atoms with Crippen LogP contribution < -0.4 is 21.1 Å². The third-order valence-corrected chi connectivity index (χ3v) is 5.04. The highest BCUT2D eigenvalue weighted by Gasteiger charge is 2.18. The first kappa shape index (κ1) is 17.4. The van der Waals surface area contributed by atoms with Gasteiger partial charge in [-0.15, -0.1) is 11.3 Å². The van der Waals surface area contributed by atoms with Gasteiger partial charge in [0.2, 0.25) is 0 Å². The monoisotopic (exact) mass is 360 g/mol. The summed E-state index contributed by atoms with van der Waals surface area (Å²) >= 11 is 1.52. The molecule has 8 heteroatoms. The van der Waals surface area contributed by atoms with Gasteiger partial charge in [-0.2, -0.15) is 0 Å². The number of hydrogen-bond donors (Lipinski definition) is 3. The van der Waals surface area contributed by atoms with E-state index in [0.29, 0.717) is 22.4 Å². The zero-order valence-corrected chi connectivity index (χ0v) is 14.5. The van der Waals surface area contributed by atoms with Crippen LogP contribution in [0.3, 0.4) is 0 Å². The molecule has 0 aliphatic carbocycles. The fraction of sp³-hybridized carbons (Fsp3) is 0.353. The average Bonchev–Trinajstić information content (AvgIpc) is 3.09. The SMILES string of the molecule is NC(=O)COc1cccc(C(=O)Nc2ncc(C3CCNCC3)s2)c1. The van der Waals surface area contributed by atoms with Crippen molar-refractivity contribution in [1.29, 1.82) is 0 Å². The average molecular weight is 360 g/mol. The van der Waals surface area contributed by atoms with Crippen molar-refractivity contribution in [3.8, 4) is 5.75 Å². The van der Waals surface area contributed by atoms with Gasteiger partial charge in [0, 0.05) is 16.6 Å². The number of hydrogen-bond acceptors (Lipinski definition) is 6. The minimum absolute atomic E-state index is 0.225. The van der Waals surface area contributed by atoms with E-state index >= 15 is 0 Å². The predicted octanol–water partition coefficient (Wildman–Crippen LogP) is 1.73. The lowest BCUT2D eigenvalue weighted by atomic mass is 9.97. The Morgan fingerprint density at radius 1 is 1.36 bits per heavy atom. The van der Waals surface area contributed by atoms with Gasteiger partial charge < -0.3 is 15.8 Å². The topological polar surface area (TPSA) is 106 Å². The van der Waals surface area contributed by atoms with Gasteiger partial charge in [0.15, 0.2) is 11.7 Å². The standard InChI is InChI=1S/C17H20N4O3S/c18-15(22)10-24-13-3-1-2-12(8-13)16(23)21-17-20-9-14(25-17)11-4-6-19-7-5-11/h1-3,8-9,11,19H,4-7,10H2,(H2,18,22)(H,20,21,23). The second kappa shape index (κ2) is 8.09. The second-order valence-corrected chi connectivity index (χ2v) is 6.89. The van der Waals surface area contributed by atoms with Gasteiger partial charge >= 0.3 is 0 Å². The maximum atomic E-state index is 12.4. The van der Waals surface area contributed by atoms with E-state index in [-0.39, 0.29) is 12.5 Å². The van der Waals surface area contributed by atoms with Crippen LogP contribution >= 0.6 is 11.3 Å². The number of amides is 2. The van der Waals surface area contributed by atoms with Gasteiger partial charge in [0.1, 0.15) is 5.75 Å². The Kier molecular flexibility index (Phi) is 5.62. The van der Waals surface area contributed by atoms with Crippen LogP contribution in [0.15, 0.2) is 30.5 Å². The smallest absolute Gasteiger partial charge is 0.257 e. The summed E-state index contributed by atoms with van der Waals surface area (Å²) in [5.41, 5.74) is 5.48. The number of piperidine rings is 1. The third kappa shape index (κ3) is 4.77. The molecule has 0 saturated carbocycles. The maximum Gasteiger partial charge on any atom is 0.257 e. The number of ether oxygens (including phenoxy) is 1. The summed E-state index contributed by atoms with van der Waals surface area (Å²) in [7, 11) is 0. The quantitative estimate of drug-likeness (QED) is 0.727. The van der Waals surface area contributed by atoms with Crippen molar-refractivity contribution >= 4 is 28.3 Å². The van der Waals surface area contributed by atoms with Crippen molar-refractivity contribution < 1.29 is 14.3 Å². The summed E-state index contributed by atoms with van der Waals surface area (Å²) < 4.78 is 5.22. The van der Waals surface area contributed by atoms with Gasteiger partial charge in [-0.05, 0) is 50.0 Å². The van der Waals surface area contributed by atoms with Crippen molar-refractivity contribution in [2.45, 2.75) is 18.8 Å². The number of benzene rings is 1. The first-order chi connectivity index (χ1) is 12.1. The highest BCUT2D eigenvalue weighted by Crippen LogP contribution is 2.31. The molecule has 1 aliphatic rings. The minimum Gasteiger partial charge on any atom is -0.484 e. The van der Waals surface area contributed by atoms with Gasteiger partial charge in [0.25, 0.3) is 11.8 Å². The van der Waals surface area contributed by atoms with Crippen molar-refractivity contribution in [2.75, 3.05) is 25.0 Å². The van der Waals surface area contributed by atoms with Crippen molar-refractivity contribution in [3.05, 3.63) is 40.9 Å². The molecule has 7 nitrogen and oxygen atoms in total. The van der Waals surface area contributed by atoms with E-state index in [4.69, 9.17) is 10.5 Å². The predicted molar refractivity (Wildman–Crippen MR) is 96.0 cm³/mol. The lowest BCUT2D eigenvalue weighted by Crippen LogP contribution is -2.26. The van der Waals surface area contributed by atoms with Crippen LogP contribution in [0.4, 0.5) is 5.13 Å². The summed E-state index contributed by atoms with van der Waals surface area (Å²) in [4.78, 5) is 28.7. The molecule has 0 bridgehead atoms. The number of nitrogens with two attached hydrogens (primary N) is 1. The van der Waals surface area contributed by atoms with Crippen LogP contribution in [0.5, 0.6) is 5.75 Å². The van der Waals surface area contributed by atoms with E-state index in [2.05, 4.69) is 15.6 Å². The molecule has 0 radical (unpaired) electrons. The normalized spacial score (nSPS) is 14.9. The summed E-state index contributed by atoms with van der Waals surface area (Å²) in [6.45, 7) is 1.81. The number of carbonyl (C=O) groups excluding carboxylic acids is 2. The Bertz CT molecular complexity index is 756. The summed E-state index contributed by atoms with van der Waals surface area (Å²) in [5.74, 6) is 0.0923. The Labute approximate surface area is 149 Å². The van der Waals surface area contributed by atoms with Crippen LogP contribution in [0.2, 0.25) is 0 Å². The number of aromatic nitrogens is 1. The molecule has 1 aliphatic heterocycles. The lowest BCUT2D eigenvalue weighted by molar-refractivity contribution is -0.119. The first-order valence-electron chi connectivity index (χ1n) is 8.11. The number of anilines is 1.